The van der Waals surface area contributed by atoms with Crippen LogP contribution < -0.4 is 5.46 Å². The Morgan fingerprint density at radius 1 is 1.44 bits per heavy atom. The molecule has 1 saturated heterocycles. The number of hydrogen-bond acceptors (Lipinski definition) is 3. The van der Waals surface area contributed by atoms with Gasteiger partial charge >= 0.3 is 7.12 Å². The highest BCUT2D eigenvalue weighted by Gasteiger charge is 2.43. The molecule has 0 spiro atoms. The van der Waals surface area contributed by atoms with E-state index in [1.807, 2.05) is 39.0 Å². The Labute approximate surface area is 108 Å². The lowest BCUT2D eigenvalue weighted by Gasteiger charge is -2.16. The van der Waals surface area contributed by atoms with Gasteiger partial charge in [0.1, 0.15) is 11.9 Å². The Bertz CT molecular complexity index is 494. The van der Waals surface area contributed by atoms with E-state index in [-0.39, 0.29) is 0 Å². The molecule has 0 unspecified atom stereocenters. The van der Waals surface area contributed by atoms with Crippen LogP contribution in [-0.2, 0) is 15.7 Å². The van der Waals surface area contributed by atoms with Crippen LogP contribution in [0.2, 0.25) is 0 Å². The number of carbonyl (C=O) groups excluding carboxylic acids is 1. The van der Waals surface area contributed by atoms with Crippen LogP contribution in [0.15, 0.2) is 30.5 Å². The number of carbonyl (C=O) groups is 1. The van der Waals surface area contributed by atoms with Crippen molar-refractivity contribution in [3.8, 4) is 0 Å². The van der Waals surface area contributed by atoms with Crippen molar-refractivity contribution in [2.24, 2.45) is 0 Å². The molecule has 94 valence electrons. The molecule has 2 rings (SSSR count). The van der Waals surface area contributed by atoms with Crippen molar-refractivity contribution in [3.63, 3.8) is 0 Å². The van der Waals surface area contributed by atoms with Crippen molar-refractivity contribution in [2.45, 2.75) is 32.8 Å². The minimum atomic E-state index is -0.493. The number of aldehydes is 1. The number of hydrogen-bond donors (Lipinski definition) is 0. The summed E-state index contributed by atoms with van der Waals surface area (Å²) in [7, 11) is -0.470. The van der Waals surface area contributed by atoms with Crippen LogP contribution in [0.3, 0.4) is 0 Å². The van der Waals surface area contributed by atoms with Crippen LogP contribution >= 0.6 is 0 Å². The largest absolute Gasteiger partial charge is 0.563 e. The summed E-state index contributed by atoms with van der Waals surface area (Å²) in [5.74, 6) is 0.617. The second-order valence-corrected chi connectivity index (χ2v) is 4.89. The SMILES string of the molecule is C=C1OB(c2cccc(C=O)c2CC)OC1(C)C. The van der Waals surface area contributed by atoms with Gasteiger partial charge in [0.25, 0.3) is 0 Å². The average molecular weight is 244 g/mol. The molecular weight excluding hydrogens is 227 g/mol. The highest BCUT2D eigenvalue weighted by molar-refractivity contribution is 6.63. The lowest BCUT2D eigenvalue weighted by atomic mass is 9.74. The Balaban J connectivity index is 2.41. The lowest BCUT2D eigenvalue weighted by molar-refractivity contribution is 0.112. The summed E-state index contributed by atoms with van der Waals surface area (Å²) in [6.45, 7) is 9.72. The minimum absolute atomic E-state index is 0.470. The van der Waals surface area contributed by atoms with E-state index < -0.39 is 12.7 Å². The van der Waals surface area contributed by atoms with Crippen molar-refractivity contribution in [3.05, 3.63) is 41.7 Å². The zero-order valence-electron chi connectivity index (χ0n) is 11.0. The Hall–Kier alpha value is -1.55. The summed E-state index contributed by atoms with van der Waals surface area (Å²) in [5, 5.41) is 0. The van der Waals surface area contributed by atoms with E-state index >= 15 is 0 Å². The fourth-order valence-corrected chi connectivity index (χ4v) is 2.12. The molecule has 1 aromatic carbocycles. The molecule has 0 amide bonds. The summed E-state index contributed by atoms with van der Waals surface area (Å²) in [6, 6.07) is 5.59. The first kappa shape index (κ1) is 12.9. The molecule has 0 bridgehead atoms. The van der Waals surface area contributed by atoms with Crippen LogP contribution in [0.25, 0.3) is 0 Å². The first-order chi connectivity index (χ1) is 8.49. The van der Waals surface area contributed by atoms with E-state index in [4.69, 9.17) is 9.31 Å². The van der Waals surface area contributed by atoms with Crippen molar-refractivity contribution in [2.75, 3.05) is 0 Å². The molecule has 1 aromatic rings. The van der Waals surface area contributed by atoms with Crippen molar-refractivity contribution in [1.29, 1.82) is 0 Å². The summed E-state index contributed by atoms with van der Waals surface area (Å²) in [5.41, 5.74) is 2.08. The normalized spacial score (nSPS) is 17.7. The third kappa shape index (κ3) is 2.08. The van der Waals surface area contributed by atoms with Gasteiger partial charge in [-0.15, -0.1) is 0 Å². The molecule has 4 heteroatoms. The summed E-state index contributed by atoms with van der Waals surface area (Å²) in [6.07, 6.45) is 1.64. The van der Waals surface area contributed by atoms with Crippen LogP contribution in [0.1, 0.15) is 36.7 Å². The van der Waals surface area contributed by atoms with Gasteiger partial charge in [0.15, 0.2) is 0 Å². The van der Waals surface area contributed by atoms with Gasteiger partial charge in [-0.1, -0.05) is 31.7 Å². The smallest absolute Gasteiger partial charge is 0.534 e. The van der Waals surface area contributed by atoms with Gasteiger partial charge in [0.05, 0.1) is 5.76 Å². The molecule has 1 aliphatic rings. The molecule has 18 heavy (non-hydrogen) atoms. The standard InChI is InChI=1S/C14H17BO3/c1-5-12-11(9-16)7-6-8-13(12)15-17-10(2)14(3,4)18-15/h6-9H,2,5H2,1,3-4H3. The molecule has 3 nitrogen and oxygen atoms in total. The van der Waals surface area contributed by atoms with Gasteiger partial charge in [-0.25, -0.2) is 0 Å². The molecule has 0 aliphatic carbocycles. The second kappa shape index (κ2) is 4.61. The Kier molecular flexibility index (Phi) is 3.31. The van der Waals surface area contributed by atoms with Crippen LogP contribution in [-0.4, -0.2) is 19.0 Å². The maximum absolute atomic E-state index is 11.0. The Morgan fingerprint density at radius 3 is 2.67 bits per heavy atom. The van der Waals surface area contributed by atoms with Gasteiger partial charge in [-0.3, -0.25) is 4.79 Å². The molecule has 0 atom stereocenters. The first-order valence-electron chi connectivity index (χ1n) is 6.10. The summed E-state index contributed by atoms with van der Waals surface area (Å²) < 4.78 is 11.5. The predicted molar refractivity (Wildman–Crippen MR) is 72.0 cm³/mol. The van der Waals surface area contributed by atoms with E-state index in [0.717, 1.165) is 23.7 Å². The van der Waals surface area contributed by atoms with E-state index in [9.17, 15) is 4.79 Å². The van der Waals surface area contributed by atoms with E-state index in [0.29, 0.717) is 11.3 Å². The zero-order chi connectivity index (χ0) is 13.3. The maximum atomic E-state index is 11.0. The molecule has 1 aliphatic heterocycles. The summed E-state index contributed by atoms with van der Waals surface area (Å²) >= 11 is 0. The molecule has 0 N–H and O–H groups in total. The molecule has 0 radical (unpaired) electrons. The van der Waals surface area contributed by atoms with Crippen LogP contribution in [0, 0.1) is 0 Å². The minimum Gasteiger partial charge on any atom is -0.534 e. The monoisotopic (exact) mass is 244 g/mol. The third-order valence-corrected chi connectivity index (χ3v) is 3.31. The molecule has 0 aromatic heterocycles. The van der Waals surface area contributed by atoms with Gasteiger partial charge < -0.3 is 9.31 Å². The topological polar surface area (TPSA) is 35.5 Å². The zero-order valence-corrected chi connectivity index (χ0v) is 11.0. The van der Waals surface area contributed by atoms with E-state index in [2.05, 4.69) is 6.58 Å². The first-order valence-corrected chi connectivity index (χ1v) is 6.10. The fraction of sp³-hybridized carbons (Fsp3) is 0.357. The molecule has 1 fully saturated rings. The van der Waals surface area contributed by atoms with E-state index in [1.165, 1.54) is 0 Å². The summed E-state index contributed by atoms with van der Waals surface area (Å²) in [4.78, 5) is 11.0. The average Bonchev–Trinajstić information content (AvgIpc) is 2.62. The highest BCUT2D eigenvalue weighted by Crippen LogP contribution is 2.29. The van der Waals surface area contributed by atoms with Gasteiger partial charge in [-0.05, 0) is 25.8 Å². The second-order valence-electron chi connectivity index (χ2n) is 4.89. The van der Waals surface area contributed by atoms with Crippen LogP contribution in [0.4, 0.5) is 0 Å². The maximum Gasteiger partial charge on any atom is 0.563 e. The quantitative estimate of drug-likeness (QED) is 0.603. The highest BCUT2D eigenvalue weighted by atomic mass is 16.7. The van der Waals surface area contributed by atoms with Gasteiger partial charge in [0, 0.05) is 11.0 Å². The Morgan fingerprint density at radius 2 is 2.17 bits per heavy atom. The number of benzene rings is 1. The molecular formula is C14H17BO3. The third-order valence-electron chi connectivity index (χ3n) is 3.31. The predicted octanol–water partition coefficient (Wildman–Crippen LogP) is 2.10. The van der Waals surface area contributed by atoms with E-state index in [1.54, 1.807) is 0 Å². The van der Waals surface area contributed by atoms with Gasteiger partial charge in [-0.2, -0.15) is 0 Å². The molecule has 0 saturated carbocycles. The van der Waals surface area contributed by atoms with Crippen molar-refractivity contribution >= 4 is 18.9 Å². The molecule has 1 heterocycles. The van der Waals surface area contributed by atoms with Crippen molar-refractivity contribution in [1.82, 2.24) is 0 Å². The lowest BCUT2D eigenvalue weighted by Crippen LogP contribution is -2.37. The van der Waals surface area contributed by atoms with Crippen molar-refractivity contribution < 1.29 is 14.1 Å². The van der Waals surface area contributed by atoms with Crippen LogP contribution in [0.5, 0.6) is 0 Å². The fourth-order valence-electron chi connectivity index (χ4n) is 2.12. The van der Waals surface area contributed by atoms with Gasteiger partial charge in [0.2, 0.25) is 0 Å². The number of rotatable bonds is 3.